The molecule has 1 aliphatic carbocycles. The quantitative estimate of drug-likeness (QED) is 0.868. The lowest BCUT2D eigenvalue weighted by atomic mass is 9.85. The minimum absolute atomic E-state index is 0.0475. The summed E-state index contributed by atoms with van der Waals surface area (Å²) in [6.45, 7) is 4.40. The number of hydrogen-bond donors (Lipinski definition) is 2. The fourth-order valence-electron chi connectivity index (χ4n) is 2.33. The van der Waals surface area contributed by atoms with Gasteiger partial charge in [-0.05, 0) is 26.7 Å². The highest BCUT2D eigenvalue weighted by atomic mass is 32.1. The van der Waals surface area contributed by atoms with E-state index in [1.807, 2.05) is 13.8 Å². The van der Waals surface area contributed by atoms with Gasteiger partial charge < -0.3 is 11.1 Å². The van der Waals surface area contributed by atoms with Gasteiger partial charge >= 0.3 is 0 Å². The van der Waals surface area contributed by atoms with Crippen molar-refractivity contribution < 1.29 is 4.79 Å². The molecular weight excluding hydrogens is 234 g/mol. The Bertz CT molecular complexity index is 402. The Morgan fingerprint density at radius 2 is 2.12 bits per heavy atom. The van der Waals surface area contributed by atoms with E-state index in [9.17, 15) is 4.79 Å². The first-order valence-electron chi connectivity index (χ1n) is 6.03. The van der Waals surface area contributed by atoms with E-state index in [-0.39, 0.29) is 11.3 Å². The molecule has 1 fully saturated rings. The summed E-state index contributed by atoms with van der Waals surface area (Å²) in [5.74, 6) is 0.0475. The summed E-state index contributed by atoms with van der Waals surface area (Å²) in [5.41, 5.74) is 6.41. The molecule has 0 spiro atoms. The first-order valence-corrected chi connectivity index (χ1v) is 6.84. The van der Waals surface area contributed by atoms with Crippen LogP contribution >= 0.6 is 11.3 Å². The third-order valence-corrected chi connectivity index (χ3v) is 4.67. The number of carbonyl (C=O) groups is 1. The lowest BCUT2D eigenvalue weighted by Crippen LogP contribution is -2.40. The zero-order valence-electron chi connectivity index (χ0n) is 10.4. The molecule has 2 rings (SSSR count). The van der Waals surface area contributed by atoms with Crippen molar-refractivity contribution in [1.82, 2.24) is 4.98 Å². The monoisotopic (exact) mass is 253 g/mol. The van der Waals surface area contributed by atoms with Crippen molar-refractivity contribution in [3.8, 4) is 0 Å². The summed E-state index contributed by atoms with van der Waals surface area (Å²) in [5, 5.41) is 3.62. The summed E-state index contributed by atoms with van der Waals surface area (Å²) in [4.78, 5) is 17.7. The third kappa shape index (κ3) is 2.35. The van der Waals surface area contributed by atoms with Crippen LogP contribution in [-0.4, -0.2) is 17.4 Å². The molecule has 1 heterocycles. The van der Waals surface area contributed by atoms with Crippen molar-refractivity contribution in [2.45, 2.75) is 39.5 Å². The first kappa shape index (κ1) is 12.5. The largest absolute Gasteiger partial charge is 0.329 e. The van der Waals surface area contributed by atoms with Gasteiger partial charge in [0.1, 0.15) is 0 Å². The van der Waals surface area contributed by atoms with E-state index >= 15 is 0 Å². The molecular formula is C12H19N3OS. The Morgan fingerprint density at radius 1 is 1.47 bits per heavy atom. The van der Waals surface area contributed by atoms with Gasteiger partial charge in [0.15, 0.2) is 5.13 Å². The lowest BCUT2D eigenvalue weighted by Gasteiger charge is -2.24. The number of nitrogens with two attached hydrogens (primary N) is 1. The average molecular weight is 253 g/mol. The van der Waals surface area contributed by atoms with Crippen LogP contribution in [0.25, 0.3) is 0 Å². The summed E-state index contributed by atoms with van der Waals surface area (Å²) < 4.78 is 0. The van der Waals surface area contributed by atoms with Crippen LogP contribution in [-0.2, 0) is 4.79 Å². The van der Waals surface area contributed by atoms with Crippen LogP contribution in [0.1, 0.15) is 36.3 Å². The van der Waals surface area contributed by atoms with Gasteiger partial charge in [0.25, 0.3) is 0 Å². The van der Waals surface area contributed by atoms with Crippen molar-refractivity contribution in [1.29, 1.82) is 0 Å². The fraction of sp³-hybridized carbons (Fsp3) is 0.667. The molecule has 0 radical (unpaired) electrons. The molecule has 0 saturated heterocycles. The van der Waals surface area contributed by atoms with E-state index in [1.165, 1.54) is 11.3 Å². The van der Waals surface area contributed by atoms with Crippen LogP contribution < -0.4 is 11.1 Å². The van der Waals surface area contributed by atoms with Crippen LogP contribution in [0.4, 0.5) is 5.13 Å². The van der Waals surface area contributed by atoms with Crippen molar-refractivity contribution in [2.75, 3.05) is 11.9 Å². The molecule has 5 heteroatoms. The number of carbonyl (C=O) groups excluding carboxylic acids is 1. The van der Waals surface area contributed by atoms with Crippen LogP contribution in [0, 0.1) is 19.3 Å². The van der Waals surface area contributed by atoms with Crippen molar-refractivity contribution in [3.63, 3.8) is 0 Å². The predicted molar refractivity (Wildman–Crippen MR) is 70.2 cm³/mol. The molecule has 4 nitrogen and oxygen atoms in total. The maximum atomic E-state index is 12.3. The molecule has 1 aromatic rings. The number of thiazole rings is 1. The molecule has 94 valence electrons. The highest BCUT2D eigenvalue weighted by molar-refractivity contribution is 7.15. The second kappa shape index (κ2) is 4.74. The molecule has 1 aliphatic rings. The number of amides is 1. The van der Waals surface area contributed by atoms with Crippen LogP contribution in [0.5, 0.6) is 0 Å². The molecule has 3 N–H and O–H groups in total. The predicted octanol–water partition coefficient (Wildman–Crippen LogP) is 2.22. The summed E-state index contributed by atoms with van der Waals surface area (Å²) in [7, 11) is 0. The molecule has 0 unspecified atom stereocenters. The van der Waals surface area contributed by atoms with Crippen LogP contribution in [0.2, 0.25) is 0 Å². The van der Waals surface area contributed by atoms with E-state index in [0.29, 0.717) is 11.7 Å². The number of nitrogens with one attached hydrogen (secondary N) is 1. The Morgan fingerprint density at radius 3 is 2.59 bits per heavy atom. The normalized spacial score (nSPS) is 18.3. The van der Waals surface area contributed by atoms with Gasteiger partial charge in [-0.3, -0.25) is 4.79 Å². The van der Waals surface area contributed by atoms with Crippen LogP contribution in [0.3, 0.4) is 0 Å². The molecule has 1 amide bonds. The molecule has 0 atom stereocenters. The summed E-state index contributed by atoms with van der Waals surface area (Å²) in [6, 6.07) is 0. The lowest BCUT2D eigenvalue weighted by molar-refractivity contribution is -0.124. The zero-order chi connectivity index (χ0) is 12.5. The standard InChI is InChI=1S/C12H19N3OS/c1-8-9(2)17-11(14-8)15-10(16)12(7-13)5-3-4-6-12/h3-7,13H2,1-2H3,(H,14,15,16). The van der Waals surface area contributed by atoms with E-state index in [1.54, 1.807) is 0 Å². The molecule has 1 aromatic heterocycles. The molecule has 1 saturated carbocycles. The smallest absolute Gasteiger partial charge is 0.233 e. The van der Waals surface area contributed by atoms with Gasteiger partial charge in [-0.15, -0.1) is 11.3 Å². The van der Waals surface area contributed by atoms with Gasteiger partial charge in [0.05, 0.1) is 11.1 Å². The Balaban J connectivity index is 2.10. The SMILES string of the molecule is Cc1nc(NC(=O)C2(CN)CCCC2)sc1C. The zero-order valence-corrected chi connectivity index (χ0v) is 11.2. The Hall–Kier alpha value is -0.940. The Labute approximate surface area is 106 Å². The highest BCUT2D eigenvalue weighted by Gasteiger charge is 2.40. The minimum atomic E-state index is -0.354. The van der Waals surface area contributed by atoms with E-state index < -0.39 is 0 Å². The van der Waals surface area contributed by atoms with E-state index in [4.69, 9.17) is 5.73 Å². The van der Waals surface area contributed by atoms with Crippen molar-refractivity contribution in [2.24, 2.45) is 11.1 Å². The van der Waals surface area contributed by atoms with Crippen LogP contribution in [0.15, 0.2) is 0 Å². The van der Waals surface area contributed by atoms with Crippen molar-refractivity contribution in [3.05, 3.63) is 10.6 Å². The van der Waals surface area contributed by atoms with Gasteiger partial charge in [-0.2, -0.15) is 0 Å². The second-order valence-corrected chi connectivity index (χ2v) is 6.01. The number of aromatic nitrogens is 1. The summed E-state index contributed by atoms with van der Waals surface area (Å²) >= 11 is 1.53. The maximum Gasteiger partial charge on any atom is 0.233 e. The van der Waals surface area contributed by atoms with Gasteiger partial charge in [-0.1, -0.05) is 12.8 Å². The van der Waals surface area contributed by atoms with Gasteiger partial charge in [0, 0.05) is 11.4 Å². The number of rotatable bonds is 3. The fourth-order valence-corrected chi connectivity index (χ4v) is 3.14. The first-order chi connectivity index (χ1) is 8.07. The number of anilines is 1. The van der Waals surface area contributed by atoms with Crippen molar-refractivity contribution >= 4 is 22.4 Å². The van der Waals surface area contributed by atoms with Gasteiger partial charge in [0.2, 0.25) is 5.91 Å². The average Bonchev–Trinajstić information content (AvgIpc) is 2.88. The molecule has 0 aromatic carbocycles. The second-order valence-electron chi connectivity index (χ2n) is 4.81. The van der Waals surface area contributed by atoms with Gasteiger partial charge in [-0.25, -0.2) is 4.98 Å². The summed E-state index contributed by atoms with van der Waals surface area (Å²) in [6.07, 6.45) is 4.00. The molecule has 0 bridgehead atoms. The number of nitrogens with zero attached hydrogens (tertiary/aromatic N) is 1. The van der Waals surface area contributed by atoms with E-state index in [0.717, 1.165) is 36.3 Å². The third-order valence-electron chi connectivity index (χ3n) is 3.68. The molecule has 0 aliphatic heterocycles. The Kier molecular flexibility index (Phi) is 3.49. The van der Waals surface area contributed by atoms with E-state index in [2.05, 4.69) is 10.3 Å². The number of aryl methyl sites for hydroxylation is 2. The highest BCUT2D eigenvalue weighted by Crippen LogP contribution is 2.38. The number of hydrogen-bond acceptors (Lipinski definition) is 4. The maximum absolute atomic E-state index is 12.3. The minimum Gasteiger partial charge on any atom is -0.329 e. The topological polar surface area (TPSA) is 68.0 Å². The molecule has 17 heavy (non-hydrogen) atoms.